The van der Waals surface area contributed by atoms with Crippen molar-refractivity contribution < 1.29 is 0 Å². The van der Waals surface area contributed by atoms with E-state index in [-0.39, 0.29) is 40.9 Å². The average Bonchev–Trinajstić information content (AvgIpc) is 4.05. The molecule has 15 rings (SSSR count). The smallest absolute Gasteiger partial charge is 0.252 e. The molecule has 9 aromatic carbocycles. The molecule has 0 spiro atoms. The van der Waals surface area contributed by atoms with Gasteiger partial charge in [-0.3, -0.25) is 0 Å². The molecular weight excluding hydrogens is 938 g/mol. The minimum atomic E-state index is -0.298. The molecule has 0 saturated heterocycles. The maximum absolute atomic E-state index is 2.72. The van der Waals surface area contributed by atoms with Gasteiger partial charge in [-0.1, -0.05) is 171 Å². The molecule has 368 valence electrons. The molecule has 0 aromatic heterocycles. The summed E-state index contributed by atoms with van der Waals surface area (Å²) in [4.78, 5) is 12.1. The highest BCUT2D eigenvalue weighted by molar-refractivity contribution is 8.02. The Balaban J connectivity index is 1.10. The highest BCUT2D eigenvalue weighted by atomic mass is 32.2. The molecule has 0 saturated carbocycles. The van der Waals surface area contributed by atoms with E-state index < -0.39 is 0 Å². The van der Waals surface area contributed by atoms with E-state index in [2.05, 4.69) is 293 Å². The van der Waals surface area contributed by atoms with Crippen LogP contribution >= 0.6 is 11.8 Å². The Morgan fingerprint density at radius 1 is 0.447 bits per heavy atom. The van der Waals surface area contributed by atoms with Gasteiger partial charge >= 0.3 is 0 Å². The Labute approximate surface area is 453 Å². The summed E-state index contributed by atoms with van der Waals surface area (Å²) in [6.45, 7) is 19.2. The molecule has 2 atom stereocenters. The van der Waals surface area contributed by atoms with Gasteiger partial charge in [0.15, 0.2) is 0 Å². The van der Waals surface area contributed by atoms with Crippen molar-refractivity contribution in [1.29, 1.82) is 0 Å². The minimum absolute atomic E-state index is 0.0644. The summed E-state index contributed by atoms with van der Waals surface area (Å²) < 4.78 is 0. The van der Waals surface area contributed by atoms with Gasteiger partial charge in [-0.15, -0.1) is 11.8 Å². The number of anilines is 10. The van der Waals surface area contributed by atoms with Gasteiger partial charge in [-0.05, 0) is 157 Å². The summed E-state index contributed by atoms with van der Waals surface area (Å²) >= 11 is 2.09. The molecule has 76 heavy (non-hydrogen) atoms. The van der Waals surface area contributed by atoms with Crippen molar-refractivity contribution in [3.05, 3.63) is 240 Å². The van der Waals surface area contributed by atoms with E-state index in [0.717, 1.165) is 0 Å². The third kappa shape index (κ3) is 6.42. The maximum atomic E-state index is 2.72. The van der Waals surface area contributed by atoms with Crippen molar-refractivity contribution in [3.8, 4) is 0 Å². The fourth-order valence-corrected chi connectivity index (χ4v) is 15.8. The Hall–Kier alpha value is -7.60. The number of nitrogens with zero attached hydrogens (tertiary/aromatic N) is 4. The lowest BCUT2D eigenvalue weighted by Gasteiger charge is -2.50. The zero-order valence-corrected chi connectivity index (χ0v) is 45.5. The van der Waals surface area contributed by atoms with Crippen LogP contribution in [0.3, 0.4) is 0 Å². The van der Waals surface area contributed by atoms with Gasteiger partial charge in [0.2, 0.25) is 6.71 Å². The van der Waals surface area contributed by atoms with Gasteiger partial charge in [0.05, 0.1) is 6.04 Å². The molecule has 5 heterocycles. The van der Waals surface area contributed by atoms with Gasteiger partial charge in [-0.2, -0.15) is 0 Å². The first-order valence-electron chi connectivity index (χ1n) is 27.3. The van der Waals surface area contributed by atoms with E-state index in [0.29, 0.717) is 0 Å². The van der Waals surface area contributed by atoms with Gasteiger partial charge < -0.3 is 19.6 Å². The van der Waals surface area contributed by atoms with Crippen molar-refractivity contribution >= 4 is 109 Å². The van der Waals surface area contributed by atoms with Crippen LogP contribution in [0, 0.1) is 0 Å². The molecule has 2 unspecified atom stereocenters. The molecule has 5 aliphatic heterocycles. The summed E-state index contributed by atoms with van der Waals surface area (Å²) in [7, 11) is 0. The standard InChI is InChI=1S/C69H60B2N4S/c1-67(2,3)43-38-57-63-58(39-43)74(47-29-17-11-18-30-47)64-50-34-22-24-36-60(50)76-66(64)71(63)53-42-54-52(41-55(53)73(57)46-27-15-10-16-28-46)70-61-49-33-21-23-35-51(49)69(7,8)65(61)75(48-31-19-12-20-32-48)59-40-44(68(4,5)6)37-56(62(59)70)72(54)45-25-13-9-14-26-45/h9-42,64,66H,1-8H3. The monoisotopic (exact) mass is 998 g/mol. The van der Waals surface area contributed by atoms with E-state index in [4.69, 9.17) is 0 Å². The lowest BCUT2D eigenvalue weighted by molar-refractivity contribution is 0.589. The first kappa shape index (κ1) is 45.8. The van der Waals surface area contributed by atoms with Crippen molar-refractivity contribution in [1.82, 2.24) is 0 Å². The van der Waals surface area contributed by atoms with E-state index >= 15 is 0 Å². The Morgan fingerprint density at radius 2 is 0.908 bits per heavy atom. The quantitative estimate of drug-likeness (QED) is 0.163. The Bertz CT molecular complexity index is 3900. The zero-order chi connectivity index (χ0) is 51.6. The van der Waals surface area contributed by atoms with Crippen LogP contribution in [0.2, 0.25) is 0 Å². The lowest BCUT2D eigenvalue weighted by Crippen LogP contribution is -2.64. The zero-order valence-electron chi connectivity index (χ0n) is 44.6. The fraction of sp³-hybridized carbons (Fsp3) is 0.188. The van der Waals surface area contributed by atoms with E-state index in [9.17, 15) is 0 Å². The largest absolute Gasteiger partial charge is 0.334 e. The molecule has 7 heteroatoms. The van der Waals surface area contributed by atoms with Gasteiger partial charge in [0.25, 0.3) is 6.71 Å². The first-order valence-corrected chi connectivity index (χ1v) is 28.2. The molecule has 1 aliphatic carbocycles. The van der Waals surface area contributed by atoms with Crippen molar-refractivity contribution in [2.75, 3.05) is 19.6 Å². The van der Waals surface area contributed by atoms with E-state index in [1.807, 2.05) is 0 Å². The molecule has 0 fully saturated rings. The summed E-state index contributed by atoms with van der Waals surface area (Å²) in [6.07, 6.45) is 0. The summed E-state index contributed by atoms with van der Waals surface area (Å²) in [5, 5.41) is 0.185. The SMILES string of the molecule is CC(C)(C)c1cc2c3c(c1)N(c1ccccc1)c1cc4c(cc1B3C1=C(N2c2ccccc2)C(C)(C)c2ccccc21)N(c1ccccc1)c1cc(C(C)(C)C)cc2c1B4C1Sc3ccccc3C1N2c1ccccc1. The molecule has 4 nitrogen and oxygen atoms in total. The second-order valence-electron chi connectivity index (χ2n) is 24.5. The number of rotatable bonds is 4. The van der Waals surface area contributed by atoms with E-state index in [1.54, 1.807) is 0 Å². The third-order valence-corrected chi connectivity index (χ3v) is 19.1. The highest BCUT2D eigenvalue weighted by Gasteiger charge is 2.57. The second kappa shape index (κ2) is 16.2. The molecule has 6 aliphatic rings. The number of thioether (sulfide) groups is 1. The van der Waals surface area contributed by atoms with Crippen LogP contribution in [0.15, 0.2) is 217 Å². The van der Waals surface area contributed by atoms with Crippen LogP contribution in [0.4, 0.5) is 56.9 Å². The number of para-hydroxylation sites is 4. The normalized spacial score (nSPS) is 18.1. The van der Waals surface area contributed by atoms with Crippen LogP contribution in [0.1, 0.15) is 89.2 Å². The van der Waals surface area contributed by atoms with Crippen molar-refractivity contribution in [3.63, 3.8) is 0 Å². The molecule has 0 N–H and O–H groups in total. The summed E-state index contributed by atoms with van der Waals surface area (Å²) in [5.41, 5.74) is 26.9. The topological polar surface area (TPSA) is 13.0 Å². The van der Waals surface area contributed by atoms with Gasteiger partial charge in [-0.25, -0.2) is 0 Å². The number of allylic oxidation sites excluding steroid dienone is 1. The van der Waals surface area contributed by atoms with Crippen molar-refractivity contribution in [2.24, 2.45) is 0 Å². The highest BCUT2D eigenvalue weighted by Crippen LogP contribution is 2.59. The predicted octanol–water partition coefficient (Wildman–Crippen LogP) is 15.4. The van der Waals surface area contributed by atoms with Crippen LogP contribution in [-0.4, -0.2) is 18.6 Å². The number of fused-ring (bicyclic) bond motifs is 11. The molecule has 9 aromatic rings. The second-order valence-corrected chi connectivity index (χ2v) is 25.7. The van der Waals surface area contributed by atoms with Gasteiger partial charge in [0.1, 0.15) is 0 Å². The fourth-order valence-electron chi connectivity index (χ4n) is 14.2. The van der Waals surface area contributed by atoms with Crippen LogP contribution in [0.25, 0.3) is 5.47 Å². The Morgan fingerprint density at radius 3 is 1.50 bits per heavy atom. The summed E-state index contributed by atoms with van der Waals surface area (Å²) in [5.74, 6) is 0. The van der Waals surface area contributed by atoms with Crippen LogP contribution in [-0.2, 0) is 16.2 Å². The predicted molar refractivity (Wildman–Crippen MR) is 326 cm³/mol. The lowest BCUT2D eigenvalue weighted by atomic mass is 9.30. The first-order chi connectivity index (χ1) is 36.8. The number of hydrogen-bond donors (Lipinski definition) is 0. The van der Waals surface area contributed by atoms with Crippen molar-refractivity contribution in [2.45, 2.75) is 87.7 Å². The van der Waals surface area contributed by atoms with E-state index in [1.165, 1.54) is 123 Å². The van der Waals surface area contributed by atoms with Crippen LogP contribution < -0.4 is 41.5 Å². The molecular formula is C69H60B2N4S. The maximum Gasteiger partial charge on any atom is 0.252 e. The molecule has 0 bridgehead atoms. The number of benzene rings is 9. The molecule has 0 amide bonds. The third-order valence-electron chi connectivity index (χ3n) is 17.6. The van der Waals surface area contributed by atoms with Crippen LogP contribution in [0.5, 0.6) is 0 Å². The summed E-state index contributed by atoms with van der Waals surface area (Å²) in [6, 6.07) is 79.2. The minimum Gasteiger partial charge on any atom is -0.334 e. The average molecular weight is 999 g/mol. The Kier molecular flexibility index (Phi) is 9.76. The number of hydrogen-bond acceptors (Lipinski definition) is 5. The van der Waals surface area contributed by atoms with Gasteiger partial charge in [0, 0.05) is 78.0 Å². The molecule has 0 radical (unpaired) electrons.